The summed E-state index contributed by atoms with van der Waals surface area (Å²) in [6, 6.07) is 13.5. The van der Waals surface area contributed by atoms with Gasteiger partial charge in [0.05, 0.1) is 33.0 Å². The van der Waals surface area contributed by atoms with Crippen LogP contribution in [0, 0.1) is 0 Å². The highest BCUT2D eigenvalue weighted by Crippen LogP contribution is 2.30. The molecule has 3 rings (SSSR count). The third-order valence-corrected chi connectivity index (χ3v) is 4.70. The van der Waals surface area contributed by atoms with Gasteiger partial charge in [-0.15, -0.1) is 0 Å². The number of morpholine rings is 1. The van der Waals surface area contributed by atoms with Gasteiger partial charge in [0.2, 0.25) is 0 Å². The molecule has 1 aliphatic heterocycles. The molecule has 0 radical (unpaired) electrons. The first-order valence-electron chi connectivity index (χ1n) is 9.09. The summed E-state index contributed by atoms with van der Waals surface area (Å²) in [7, 11) is 3.09. The molecule has 0 aliphatic carbocycles. The molecular weight excluding hydrogens is 344 g/mol. The lowest BCUT2D eigenvalue weighted by Gasteiger charge is -2.27. The summed E-state index contributed by atoms with van der Waals surface area (Å²) >= 11 is 0. The maximum Gasteiger partial charge on any atom is 0.255 e. The first-order chi connectivity index (χ1) is 13.2. The first-order valence-corrected chi connectivity index (χ1v) is 9.09. The molecule has 0 unspecified atom stereocenters. The molecule has 0 aromatic heterocycles. The highest BCUT2D eigenvalue weighted by Gasteiger charge is 2.17. The summed E-state index contributed by atoms with van der Waals surface area (Å²) in [4.78, 5) is 15.1. The Hall–Kier alpha value is -2.57. The number of methoxy groups -OCH3 is 2. The van der Waals surface area contributed by atoms with E-state index in [1.807, 2.05) is 12.1 Å². The molecule has 2 aromatic carbocycles. The SMILES string of the molecule is COc1cccc(C(=O)NCc2ccccc2CN2CCOCC2)c1OC. The molecule has 0 spiro atoms. The zero-order chi connectivity index (χ0) is 19.1. The summed E-state index contributed by atoms with van der Waals surface area (Å²) in [6.07, 6.45) is 0. The lowest BCUT2D eigenvalue weighted by atomic mass is 10.1. The smallest absolute Gasteiger partial charge is 0.255 e. The largest absolute Gasteiger partial charge is 0.493 e. The maximum atomic E-state index is 12.7. The molecule has 0 bridgehead atoms. The van der Waals surface area contributed by atoms with E-state index in [2.05, 4.69) is 22.3 Å². The van der Waals surface area contributed by atoms with Gasteiger partial charge in [0.1, 0.15) is 0 Å². The van der Waals surface area contributed by atoms with Gasteiger partial charge in [-0.2, -0.15) is 0 Å². The second-order valence-electron chi connectivity index (χ2n) is 6.38. The number of nitrogens with one attached hydrogen (secondary N) is 1. The molecule has 144 valence electrons. The van der Waals surface area contributed by atoms with Gasteiger partial charge in [0.25, 0.3) is 5.91 Å². The van der Waals surface area contributed by atoms with E-state index in [1.165, 1.54) is 12.7 Å². The molecule has 1 aliphatic rings. The van der Waals surface area contributed by atoms with Gasteiger partial charge >= 0.3 is 0 Å². The molecule has 0 saturated carbocycles. The Balaban J connectivity index is 1.69. The number of rotatable bonds is 7. The van der Waals surface area contributed by atoms with E-state index in [0.29, 0.717) is 23.6 Å². The van der Waals surface area contributed by atoms with Crippen LogP contribution in [-0.2, 0) is 17.8 Å². The number of hydrogen-bond donors (Lipinski definition) is 1. The Kier molecular flexibility index (Phi) is 6.68. The molecular formula is C21H26N2O4. The van der Waals surface area contributed by atoms with Crippen LogP contribution in [0.4, 0.5) is 0 Å². The van der Waals surface area contributed by atoms with Crippen molar-refractivity contribution in [3.63, 3.8) is 0 Å². The van der Waals surface area contributed by atoms with Crippen molar-refractivity contribution in [2.75, 3.05) is 40.5 Å². The van der Waals surface area contributed by atoms with Crippen LogP contribution in [-0.4, -0.2) is 51.3 Å². The summed E-state index contributed by atoms with van der Waals surface area (Å²) in [5.41, 5.74) is 2.79. The van der Waals surface area contributed by atoms with Crippen molar-refractivity contribution in [1.82, 2.24) is 10.2 Å². The Morgan fingerprint density at radius 2 is 1.78 bits per heavy atom. The number of amides is 1. The Labute approximate surface area is 160 Å². The second-order valence-corrected chi connectivity index (χ2v) is 6.38. The quantitative estimate of drug-likeness (QED) is 0.811. The number of hydrogen-bond acceptors (Lipinski definition) is 5. The van der Waals surface area contributed by atoms with Gasteiger partial charge in [-0.25, -0.2) is 0 Å². The number of carbonyl (C=O) groups is 1. The van der Waals surface area contributed by atoms with E-state index >= 15 is 0 Å². The van der Waals surface area contributed by atoms with Gasteiger partial charge < -0.3 is 19.5 Å². The van der Waals surface area contributed by atoms with Gasteiger partial charge in [-0.3, -0.25) is 9.69 Å². The van der Waals surface area contributed by atoms with Crippen molar-refractivity contribution in [2.24, 2.45) is 0 Å². The topological polar surface area (TPSA) is 60.0 Å². The predicted molar refractivity (Wildman–Crippen MR) is 103 cm³/mol. The monoisotopic (exact) mass is 370 g/mol. The highest BCUT2D eigenvalue weighted by molar-refractivity contribution is 5.97. The van der Waals surface area contributed by atoms with Crippen LogP contribution < -0.4 is 14.8 Å². The minimum absolute atomic E-state index is 0.188. The van der Waals surface area contributed by atoms with Crippen molar-refractivity contribution in [1.29, 1.82) is 0 Å². The average molecular weight is 370 g/mol. The van der Waals surface area contributed by atoms with E-state index in [1.54, 1.807) is 25.3 Å². The van der Waals surface area contributed by atoms with Gasteiger partial charge in [0, 0.05) is 26.2 Å². The highest BCUT2D eigenvalue weighted by atomic mass is 16.5. The van der Waals surface area contributed by atoms with Crippen LogP contribution in [0.15, 0.2) is 42.5 Å². The molecule has 1 amide bonds. The van der Waals surface area contributed by atoms with Gasteiger partial charge in [-0.05, 0) is 23.3 Å². The predicted octanol–water partition coefficient (Wildman–Crippen LogP) is 2.47. The third kappa shape index (κ3) is 4.78. The molecule has 27 heavy (non-hydrogen) atoms. The van der Waals surface area contributed by atoms with Crippen LogP contribution >= 0.6 is 0 Å². The van der Waals surface area contributed by atoms with Crippen molar-refractivity contribution in [3.05, 3.63) is 59.2 Å². The van der Waals surface area contributed by atoms with E-state index < -0.39 is 0 Å². The fraction of sp³-hybridized carbons (Fsp3) is 0.381. The van der Waals surface area contributed by atoms with E-state index in [-0.39, 0.29) is 5.91 Å². The van der Waals surface area contributed by atoms with Crippen molar-refractivity contribution in [3.8, 4) is 11.5 Å². The summed E-state index contributed by atoms with van der Waals surface area (Å²) in [5.74, 6) is 0.795. The maximum absolute atomic E-state index is 12.7. The normalized spacial score (nSPS) is 14.6. The fourth-order valence-electron chi connectivity index (χ4n) is 3.22. The van der Waals surface area contributed by atoms with E-state index in [9.17, 15) is 4.79 Å². The van der Waals surface area contributed by atoms with Crippen molar-refractivity contribution >= 4 is 5.91 Å². The standard InChI is InChI=1S/C21H26N2O4/c1-25-19-9-5-8-18(20(19)26-2)21(24)22-14-16-6-3-4-7-17(16)15-23-10-12-27-13-11-23/h3-9H,10-15H2,1-2H3,(H,22,24). The van der Waals surface area contributed by atoms with Gasteiger partial charge in [0.15, 0.2) is 11.5 Å². The zero-order valence-corrected chi connectivity index (χ0v) is 15.9. The number of benzene rings is 2. The van der Waals surface area contributed by atoms with Crippen molar-refractivity contribution < 1.29 is 19.0 Å². The summed E-state index contributed by atoms with van der Waals surface area (Å²) in [5, 5.41) is 3.00. The number of para-hydroxylation sites is 1. The lowest BCUT2D eigenvalue weighted by molar-refractivity contribution is 0.0340. The van der Waals surface area contributed by atoms with Crippen LogP contribution in [0.3, 0.4) is 0 Å². The second kappa shape index (κ2) is 9.39. The third-order valence-electron chi connectivity index (χ3n) is 4.70. The zero-order valence-electron chi connectivity index (χ0n) is 15.9. The molecule has 1 heterocycles. The van der Waals surface area contributed by atoms with E-state index in [0.717, 1.165) is 38.4 Å². The van der Waals surface area contributed by atoms with Gasteiger partial charge in [-0.1, -0.05) is 30.3 Å². The van der Waals surface area contributed by atoms with Crippen molar-refractivity contribution in [2.45, 2.75) is 13.1 Å². The molecule has 1 fully saturated rings. The van der Waals surface area contributed by atoms with Crippen LogP contribution in [0.2, 0.25) is 0 Å². The molecule has 1 saturated heterocycles. The lowest BCUT2D eigenvalue weighted by Crippen LogP contribution is -2.36. The Morgan fingerprint density at radius 1 is 1.04 bits per heavy atom. The molecule has 1 N–H and O–H groups in total. The Bertz CT molecular complexity index is 773. The summed E-state index contributed by atoms with van der Waals surface area (Å²) < 4.78 is 16.0. The molecule has 2 aromatic rings. The number of carbonyl (C=O) groups excluding carboxylic acids is 1. The molecule has 6 heteroatoms. The molecule has 0 atom stereocenters. The fourth-order valence-corrected chi connectivity index (χ4v) is 3.22. The van der Waals surface area contributed by atoms with Crippen LogP contribution in [0.25, 0.3) is 0 Å². The first kappa shape index (κ1) is 19.2. The van der Waals surface area contributed by atoms with Crippen LogP contribution in [0.1, 0.15) is 21.5 Å². The average Bonchev–Trinajstić information content (AvgIpc) is 2.73. The number of nitrogens with zero attached hydrogens (tertiary/aromatic N) is 1. The minimum atomic E-state index is -0.188. The summed E-state index contributed by atoms with van der Waals surface area (Å²) in [6.45, 7) is 4.73. The Morgan fingerprint density at radius 3 is 2.48 bits per heavy atom. The van der Waals surface area contributed by atoms with E-state index in [4.69, 9.17) is 14.2 Å². The van der Waals surface area contributed by atoms with Crippen LogP contribution in [0.5, 0.6) is 11.5 Å². The molecule has 6 nitrogen and oxygen atoms in total. The number of ether oxygens (including phenoxy) is 3. The minimum Gasteiger partial charge on any atom is -0.493 e.